The fraction of sp³-hybridized carbons (Fsp3) is 0.364. The summed E-state index contributed by atoms with van der Waals surface area (Å²) in [6.45, 7) is -0.0375. The lowest BCUT2D eigenvalue weighted by molar-refractivity contribution is -0.385. The van der Waals surface area contributed by atoms with Crippen LogP contribution in [0.2, 0.25) is 0 Å². The van der Waals surface area contributed by atoms with Crippen molar-refractivity contribution in [2.75, 3.05) is 27.3 Å². The molecule has 98 valence electrons. The van der Waals surface area contributed by atoms with Gasteiger partial charge in [0.2, 0.25) is 5.75 Å². The molecule has 1 aromatic carbocycles. The maximum atomic E-state index is 12.0. The summed E-state index contributed by atoms with van der Waals surface area (Å²) in [5.74, 6) is -0.512. The summed E-state index contributed by atoms with van der Waals surface area (Å²) in [6.07, 6.45) is 0. The van der Waals surface area contributed by atoms with Crippen LogP contribution >= 0.6 is 0 Å². The molecule has 0 radical (unpaired) electrons. The van der Waals surface area contributed by atoms with Crippen LogP contribution in [0.1, 0.15) is 10.4 Å². The average Bonchev–Trinajstić information content (AvgIpc) is 2.36. The molecule has 7 nitrogen and oxygen atoms in total. The summed E-state index contributed by atoms with van der Waals surface area (Å²) < 4.78 is 4.94. The third-order valence-electron chi connectivity index (χ3n) is 2.41. The van der Waals surface area contributed by atoms with Crippen molar-refractivity contribution in [2.24, 2.45) is 0 Å². The quantitative estimate of drug-likeness (QED) is 0.615. The van der Waals surface area contributed by atoms with Crippen molar-refractivity contribution in [3.8, 4) is 5.75 Å². The number of rotatable bonds is 5. The Labute approximate surface area is 104 Å². The highest BCUT2D eigenvalue weighted by Gasteiger charge is 2.24. The van der Waals surface area contributed by atoms with Crippen molar-refractivity contribution in [1.29, 1.82) is 0 Å². The molecule has 1 amide bonds. The molecule has 0 aromatic heterocycles. The number of nitro benzene ring substituents is 1. The van der Waals surface area contributed by atoms with E-state index in [1.54, 1.807) is 0 Å². The number of aliphatic hydroxyl groups is 1. The molecule has 0 aliphatic heterocycles. The summed E-state index contributed by atoms with van der Waals surface area (Å²) in [4.78, 5) is 23.5. The van der Waals surface area contributed by atoms with Gasteiger partial charge in [-0.2, -0.15) is 0 Å². The molecule has 0 heterocycles. The smallest absolute Gasteiger partial charge is 0.311 e. The molecule has 1 N–H and O–H groups in total. The molecule has 0 aliphatic rings. The number of carbonyl (C=O) groups is 1. The van der Waals surface area contributed by atoms with Crippen LogP contribution in [0, 0.1) is 10.1 Å². The van der Waals surface area contributed by atoms with Gasteiger partial charge in [-0.25, -0.2) is 0 Å². The van der Waals surface area contributed by atoms with E-state index in [0.29, 0.717) is 0 Å². The van der Waals surface area contributed by atoms with E-state index in [9.17, 15) is 14.9 Å². The predicted molar refractivity (Wildman–Crippen MR) is 63.7 cm³/mol. The number of amides is 1. The number of hydrogen-bond acceptors (Lipinski definition) is 5. The van der Waals surface area contributed by atoms with Crippen LogP contribution in [0.15, 0.2) is 18.2 Å². The number of aliphatic hydroxyl groups excluding tert-OH is 1. The number of likely N-dealkylation sites (N-methyl/N-ethyl adjacent to an activating group) is 1. The van der Waals surface area contributed by atoms with E-state index in [1.165, 1.54) is 37.3 Å². The maximum absolute atomic E-state index is 12.0. The molecule has 0 unspecified atom stereocenters. The number of nitro groups is 1. The van der Waals surface area contributed by atoms with Gasteiger partial charge in [0, 0.05) is 19.7 Å². The zero-order valence-corrected chi connectivity index (χ0v) is 10.1. The second-order valence-electron chi connectivity index (χ2n) is 3.57. The number of methoxy groups -OCH3 is 1. The first kappa shape index (κ1) is 13.9. The zero-order valence-electron chi connectivity index (χ0n) is 10.1. The Bertz CT molecular complexity index is 461. The minimum Gasteiger partial charge on any atom is -0.490 e. The lowest BCUT2D eigenvalue weighted by Gasteiger charge is -2.17. The molecular formula is C11H14N2O5. The third-order valence-corrected chi connectivity index (χ3v) is 2.41. The van der Waals surface area contributed by atoms with E-state index < -0.39 is 10.8 Å². The fourth-order valence-electron chi connectivity index (χ4n) is 1.51. The molecule has 18 heavy (non-hydrogen) atoms. The fourth-order valence-corrected chi connectivity index (χ4v) is 1.51. The molecule has 0 atom stereocenters. The highest BCUT2D eigenvalue weighted by molar-refractivity contribution is 5.98. The van der Waals surface area contributed by atoms with Gasteiger partial charge < -0.3 is 14.7 Å². The van der Waals surface area contributed by atoms with Gasteiger partial charge in [0.25, 0.3) is 5.91 Å². The Balaban J connectivity index is 3.20. The van der Waals surface area contributed by atoms with Crippen molar-refractivity contribution in [3.05, 3.63) is 33.9 Å². The Morgan fingerprint density at radius 2 is 2.22 bits per heavy atom. The molecule has 1 rings (SSSR count). The number of hydrogen-bond donors (Lipinski definition) is 1. The van der Waals surface area contributed by atoms with Crippen LogP contribution in [0.3, 0.4) is 0 Å². The van der Waals surface area contributed by atoms with E-state index >= 15 is 0 Å². The first-order valence-corrected chi connectivity index (χ1v) is 5.20. The highest BCUT2D eigenvalue weighted by atomic mass is 16.6. The van der Waals surface area contributed by atoms with Crippen molar-refractivity contribution >= 4 is 11.6 Å². The molecule has 0 bridgehead atoms. The number of nitrogens with zero attached hydrogens (tertiary/aromatic N) is 2. The van der Waals surface area contributed by atoms with Gasteiger partial charge in [-0.15, -0.1) is 0 Å². The van der Waals surface area contributed by atoms with Crippen LogP contribution in [0.25, 0.3) is 0 Å². The Hall–Kier alpha value is -2.15. The summed E-state index contributed by atoms with van der Waals surface area (Å²) in [5.41, 5.74) is -0.164. The first-order valence-electron chi connectivity index (χ1n) is 5.20. The molecule has 0 spiro atoms. The molecule has 7 heteroatoms. The van der Waals surface area contributed by atoms with Gasteiger partial charge >= 0.3 is 5.69 Å². The van der Waals surface area contributed by atoms with Gasteiger partial charge in [0.1, 0.15) is 0 Å². The van der Waals surface area contributed by atoms with Gasteiger partial charge in [-0.1, -0.05) is 6.07 Å². The first-order chi connectivity index (χ1) is 8.52. The highest BCUT2D eigenvalue weighted by Crippen LogP contribution is 2.31. The summed E-state index contributed by atoms with van der Waals surface area (Å²) in [6, 6.07) is 4.13. The van der Waals surface area contributed by atoms with E-state index in [2.05, 4.69) is 0 Å². The zero-order chi connectivity index (χ0) is 13.7. The van der Waals surface area contributed by atoms with Crippen LogP contribution in [-0.4, -0.2) is 48.1 Å². The largest absolute Gasteiger partial charge is 0.490 e. The predicted octanol–water partition coefficient (Wildman–Crippen LogP) is 0.668. The Kier molecular flexibility index (Phi) is 4.61. The van der Waals surface area contributed by atoms with Crippen LogP contribution in [0.4, 0.5) is 5.69 Å². The Morgan fingerprint density at radius 1 is 1.56 bits per heavy atom. The average molecular weight is 254 g/mol. The van der Waals surface area contributed by atoms with E-state index in [1.807, 2.05) is 0 Å². The SMILES string of the molecule is COc1c(C(=O)N(C)CCO)cccc1[N+](=O)[O-]. The van der Waals surface area contributed by atoms with E-state index in [0.717, 1.165) is 0 Å². The second kappa shape index (κ2) is 5.97. The van der Waals surface area contributed by atoms with Crippen molar-refractivity contribution in [2.45, 2.75) is 0 Å². The topological polar surface area (TPSA) is 92.9 Å². The van der Waals surface area contributed by atoms with Crippen LogP contribution in [-0.2, 0) is 0 Å². The van der Waals surface area contributed by atoms with Crippen molar-refractivity contribution in [3.63, 3.8) is 0 Å². The number of ether oxygens (including phenoxy) is 1. The minimum absolute atomic E-state index is 0.0720. The summed E-state index contributed by atoms with van der Waals surface area (Å²) in [5, 5.41) is 19.6. The lowest BCUT2D eigenvalue weighted by atomic mass is 10.1. The van der Waals surface area contributed by atoms with Gasteiger partial charge in [0.15, 0.2) is 0 Å². The molecular weight excluding hydrogens is 240 g/mol. The molecule has 0 aliphatic carbocycles. The second-order valence-corrected chi connectivity index (χ2v) is 3.57. The number of benzene rings is 1. The monoisotopic (exact) mass is 254 g/mol. The van der Waals surface area contributed by atoms with Crippen LogP contribution in [0.5, 0.6) is 5.75 Å². The van der Waals surface area contributed by atoms with Crippen molar-refractivity contribution in [1.82, 2.24) is 4.90 Å². The van der Waals surface area contributed by atoms with Crippen molar-refractivity contribution < 1.29 is 19.6 Å². The standard InChI is InChI=1S/C11H14N2O5/c1-12(6-7-14)11(15)8-4-3-5-9(13(16)17)10(8)18-2/h3-5,14H,6-7H2,1-2H3. The molecule has 0 saturated carbocycles. The van der Waals surface area contributed by atoms with E-state index in [-0.39, 0.29) is 30.2 Å². The normalized spacial score (nSPS) is 9.94. The number of para-hydroxylation sites is 1. The van der Waals surface area contributed by atoms with Gasteiger partial charge in [-0.3, -0.25) is 14.9 Å². The summed E-state index contributed by atoms with van der Waals surface area (Å²) >= 11 is 0. The Morgan fingerprint density at radius 3 is 2.72 bits per heavy atom. The molecule has 1 aromatic rings. The number of carbonyl (C=O) groups excluding carboxylic acids is 1. The maximum Gasteiger partial charge on any atom is 0.311 e. The van der Waals surface area contributed by atoms with E-state index in [4.69, 9.17) is 9.84 Å². The van der Waals surface area contributed by atoms with Gasteiger partial charge in [0.05, 0.1) is 24.2 Å². The summed E-state index contributed by atoms with van der Waals surface area (Å²) in [7, 11) is 2.77. The molecule has 0 saturated heterocycles. The molecule has 0 fully saturated rings. The van der Waals surface area contributed by atoms with Gasteiger partial charge in [-0.05, 0) is 6.07 Å². The van der Waals surface area contributed by atoms with Crippen LogP contribution < -0.4 is 4.74 Å². The minimum atomic E-state index is -0.609. The third kappa shape index (κ3) is 2.75. The lowest BCUT2D eigenvalue weighted by Crippen LogP contribution is -2.29.